The summed E-state index contributed by atoms with van der Waals surface area (Å²) in [5.74, 6) is 1.14. The van der Waals surface area contributed by atoms with Crippen LogP contribution < -0.4 is 15.4 Å². The number of likely N-dealkylation sites (tertiary alicyclic amines) is 1. The third-order valence-corrected chi connectivity index (χ3v) is 7.07. The summed E-state index contributed by atoms with van der Waals surface area (Å²) < 4.78 is 7.53. The number of hydrogen-bond acceptors (Lipinski definition) is 6. The number of hydrogen-bond donors (Lipinski definition) is 2. The van der Waals surface area contributed by atoms with Crippen LogP contribution in [0.15, 0.2) is 72.5 Å². The van der Waals surface area contributed by atoms with E-state index in [1.54, 1.807) is 35.0 Å². The van der Waals surface area contributed by atoms with Gasteiger partial charge in [-0.25, -0.2) is 9.50 Å². The van der Waals surface area contributed by atoms with Crippen molar-refractivity contribution >= 4 is 29.0 Å². The second-order valence-corrected chi connectivity index (χ2v) is 10.6. The molecule has 208 valence electrons. The number of fused-ring (bicyclic) bond motifs is 1. The quantitative estimate of drug-likeness (QED) is 0.254. The summed E-state index contributed by atoms with van der Waals surface area (Å²) in [5, 5.41) is 10.2. The van der Waals surface area contributed by atoms with Gasteiger partial charge in [-0.05, 0) is 70.3 Å². The molecule has 0 radical (unpaired) electrons. The minimum absolute atomic E-state index is 0.00766. The first-order valence-electron chi connectivity index (χ1n) is 13.9. The molecule has 0 bridgehead atoms. The van der Waals surface area contributed by atoms with Crippen molar-refractivity contribution in [2.45, 2.75) is 46.0 Å². The summed E-state index contributed by atoms with van der Waals surface area (Å²) in [4.78, 5) is 31.7. The number of carbonyl (C=O) groups excluding carboxylic acids is 2. The molecule has 1 aromatic carbocycles. The predicted molar refractivity (Wildman–Crippen MR) is 157 cm³/mol. The number of ether oxygens (including phenoxy) is 1. The molecule has 1 aliphatic heterocycles. The Morgan fingerprint density at radius 1 is 1.12 bits per heavy atom. The maximum atomic E-state index is 12.8. The van der Waals surface area contributed by atoms with Crippen molar-refractivity contribution in [2.24, 2.45) is 5.92 Å². The number of allylic oxidation sites excluding steroid dienone is 2. The van der Waals surface area contributed by atoms with E-state index in [2.05, 4.69) is 39.1 Å². The molecule has 1 saturated carbocycles. The topological polar surface area (TPSA) is 101 Å². The van der Waals surface area contributed by atoms with Crippen LogP contribution in [0.4, 0.5) is 11.5 Å². The highest BCUT2D eigenvalue weighted by Gasteiger charge is 2.30. The second kappa shape index (κ2) is 12.3. The van der Waals surface area contributed by atoms with Gasteiger partial charge in [0.2, 0.25) is 11.8 Å². The molecule has 1 aliphatic carbocycles. The Bertz CT molecular complexity index is 1480. The van der Waals surface area contributed by atoms with Gasteiger partial charge in [0, 0.05) is 35.9 Å². The van der Waals surface area contributed by atoms with Crippen LogP contribution in [0.5, 0.6) is 11.6 Å². The Labute approximate surface area is 234 Å². The fourth-order valence-electron chi connectivity index (χ4n) is 4.60. The SMILES string of the molecule is C=C(/C=C\C=C(/C)CN1CCCCC1)C(=O)Nc1cc(Oc2ccc3nc(NC(=O)C4CC4)cn3n2)ccc1C. The van der Waals surface area contributed by atoms with Gasteiger partial charge in [0.25, 0.3) is 5.91 Å². The number of aryl methyl sites for hydroxylation is 1. The number of carbonyl (C=O) groups is 2. The molecule has 9 nitrogen and oxygen atoms in total. The van der Waals surface area contributed by atoms with Crippen molar-refractivity contribution in [1.29, 1.82) is 0 Å². The molecule has 2 N–H and O–H groups in total. The molecular weight excluding hydrogens is 504 g/mol. The van der Waals surface area contributed by atoms with Gasteiger partial charge in [-0.1, -0.05) is 42.9 Å². The average molecular weight is 541 g/mol. The molecule has 1 saturated heterocycles. The van der Waals surface area contributed by atoms with E-state index in [0.29, 0.717) is 34.4 Å². The van der Waals surface area contributed by atoms with Crippen LogP contribution in [0.25, 0.3) is 5.65 Å². The lowest BCUT2D eigenvalue weighted by Gasteiger charge is -2.26. The Kier molecular flexibility index (Phi) is 8.40. The number of amides is 2. The number of benzene rings is 1. The predicted octanol–water partition coefficient (Wildman–Crippen LogP) is 5.66. The van der Waals surface area contributed by atoms with Crippen molar-refractivity contribution in [3.63, 3.8) is 0 Å². The van der Waals surface area contributed by atoms with Gasteiger partial charge in [0.15, 0.2) is 11.5 Å². The molecule has 0 unspecified atom stereocenters. The van der Waals surface area contributed by atoms with Gasteiger partial charge < -0.3 is 15.4 Å². The van der Waals surface area contributed by atoms with E-state index < -0.39 is 0 Å². The minimum atomic E-state index is -0.280. The number of anilines is 2. The molecule has 9 heteroatoms. The van der Waals surface area contributed by atoms with Gasteiger partial charge >= 0.3 is 0 Å². The van der Waals surface area contributed by atoms with Crippen LogP contribution in [0.2, 0.25) is 0 Å². The van der Waals surface area contributed by atoms with Gasteiger partial charge in [-0.15, -0.1) is 5.10 Å². The van der Waals surface area contributed by atoms with E-state index in [0.717, 1.165) is 38.0 Å². The fraction of sp³-hybridized carbons (Fsp3) is 0.355. The molecule has 2 aliphatic rings. The highest BCUT2D eigenvalue weighted by molar-refractivity contribution is 6.05. The molecule has 3 aromatic rings. The van der Waals surface area contributed by atoms with Gasteiger partial charge in [0.1, 0.15) is 5.75 Å². The van der Waals surface area contributed by atoms with E-state index in [4.69, 9.17) is 4.74 Å². The summed E-state index contributed by atoms with van der Waals surface area (Å²) >= 11 is 0. The van der Waals surface area contributed by atoms with Crippen molar-refractivity contribution in [3.8, 4) is 11.6 Å². The Balaban J connectivity index is 1.18. The number of imidazole rings is 1. The normalized spacial score (nSPS) is 16.3. The molecule has 5 rings (SSSR count). The third-order valence-electron chi connectivity index (χ3n) is 7.07. The molecule has 40 heavy (non-hydrogen) atoms. The van der Waals surface area contributed by atoms with Crippen molar-refractivity contribution in [1.82, 2.24) is 19.5 Å². The Hall–Kier alpha value is -4.24. The third kappa shape index (κ3) is 7.24. The monoisotopic (exact) mass is 540 g/mol. The molecule has 3 heterocycles. The molecule has 0 atom stereocenters. The smallest absolute Gasteiger partial charge is 0.255 e. The van der Waals surface area contributed by atoms with Crippen molar-refractivity contribution < 1.29 is 14.3 Å². The summed E-state index contributed by atoms with van der Waals surface area (Å²) in [7, 11) is 0. The Morgan fingerprint density at radius 2 is 1.93 bits per heavy atom. The van der Waals surface area contributed by atoms with E-state index in [9.17, 15) is 9.59 Å². The number of rotatable bonds is 10. The van der Waals surface area contributed by atoms with Crippen LogP contribution >= 0.6 is 0 Å². The fourth-order valence-corrected chi connectivity index (χ4v) is 4.60. The maximum Gasteiger partial charge on any atom is 0.255 e. The lowest BCUT2D eigenvalue weighted by Crippen LogP contribution is -2.31. The number of nitrogens with one attached hydrogen (secondary N) is 2. The van der Waals surface area contributed by atoms with Gasteiger partial charge in [-0.2, -0.15) is 0 Å². The largest absolute Gasteiger partial charge is 0.438 e. The van der Waals surface area contributed by atoms with E-state index in [-0.39, 0.29) is 17.7 Å². The molecule has 2 amide bonds. The summed E-state index contributed by atoms with van der Waals surface area (Å²) in [5.41, 5.74) is 3.74. The molecular formula is C31H36N6O3. The molecule has 2 fully saturated rings. The zero-order valence-electron chi connectivity index (χ0n) is 23.2. The first kappa shape index (κ1) is 27.3. The van der Waals surface area contributed by atoms with Crippen LogP contribution in [-0.4, -0.2) is 50.9 Å². The lowest BCUT2D eigenvalue weighted by molar-refractivity contribution is -0.117. The highest BCUT2D eigenvalue weighted by atomic mass is 16.5. The second-order valence-electron chi connectivity index (χ2n) is 10.6. The number of nitrogens with zero attached hydrogens (tertiary/aromatic N) is 4. The zero-order chi connectivity index (χ0) is 28.1. The summed E-state index contributed by atoms with van der Waals surface area (Å²) in [6.45, 7) is 11.2. The lowest BCUT2D eigenvalue weighted by atomic mass is 10.1. The highest BCUT2D eigenvalue weighted by Crippen LogP contribution is 2.30. The summed E-state index contributed by atoms with van der Waals surface area (Å²) in [6, 6.07) is 8.92. The first-order chi connectivity index (χ1) is 19.3. The first-order valence-corrected chi connectivity index (χ1v) is 13.9. The zero-order valence-corrected chi connectivity index (χ0v) is 23.2. The molecule has 0 spiro atoms. The average Bonchev–Trinajstić information content (AvgIpc) is 3.71. The Morgan fingerprint density at radius 3 is 2.70 bits per heavy atom. The van der Waals surface area contributed by atoms with Crippen molar-refractivity contribution in [2.75, 3.05) is 30.3 Å². The van der Waals surface area contributed by atoms with Crippen LogP contribution in [0.1, 0.15) is 44.6 Å². The van der Waals surface area contributed by atoms with Crippen molar-refractivity contribution in [3.05, 3.63) is 78.0 Å². The van der Waals surface area contributed by atoms with Gasteiger partial charge in [0.05, 0.1) is 6.20 Å². The number of piperidine rings is 1. The number of aromatic nitrogens is 3. The summed E-state index contributed by atoms with van der Waals surface area (Å²) in [6.07, 6.45) is 13.0. The van der Waals surface area contributed by atoms with Gasteiger partial charge in [-0.3, -0.25) is 14.5 Å². The maximum absolute atomic E-state index is 12.8. The standard InChI is InChI=1S/C31H36N6O3/c1-21(19-36-16-5-4-6-17-36)8-7-9-23(3)30(38)32-26-18-25(13-10-22(26)2)40-29-15-14-28-33-27(20-37(28)35-29)34-31(39)24-11-12-24/h7-10,13-15,18,20,24H,3-6,11-12,16-17,19H2,1-2H3,(H,32,38)(H,34,39)/b9-7-,21-8+. The molecule has 2 aromatic heterocycles. The van der Waals surface area contributed by atoms with Crippen LogP contribution in [-0.2, 0) is 9.59 Å². The van der Waals surface area contributed by atoms with Crippen LogP contribution in [0, 0.1) is 12.8 Å². The van der Waals surface area contributed by atoms with E-state index in [1.165, 1.54) is 24.8 Å². The van der Waals surface area contributed by atoms with E-state index in [1.807, 2.05) is 31.2 Å². The van der Waals surface area contributed by atoms with Crippen LogP contribution in [0.3, 0.4) is 0 Å². The minimum Gasteiger partial charge on any atom is -0.438 e. The van der Waals surface area contributed by atoms with E-state index >= 15 is 0 Å².